The molecule has 0 saturated heterocycles. The molecule has 0 radical (unpaired) electrons. The van der Waals surface area contributed by atoms with Crippen molar-refractivity contribution in [3.05, 3.63) is 52.4 Å². The molecule has 2 aromatic rings. The number of rotatable bonds is 8. The van der Waals surface area contributed by atoms with Gasteiger partial charge in [-0.05, 0) is 30.3 Å². The number of benzene rings is 1. The summed E-state index contributed by atoms with van der Waals surface area (Å²) in [6.45, 7) is 1.15. The van der Waals surface area contributed by atoms with Gasteiger partial charge in [-0.15, -0.1) is 0 Å². The summed E-state index contributed by atoms with van der Waals surface area (Å²) in [4.78, 5) is 1.88. The minimum atomic E-state index is -3.58. The molecule has 0 amide bonds. The lowest BCUT2D eigenvalue weighted by Gasteiger charge is -2.20. The minimum Gasteiger partial charge on any atom is -0.468 e. The molecule has 0 spiro atoms. The molecule has 0 unspecified atom stereocenters. The van der Waals surface area contributed by atoms with Crippen molar-refractivity contribution in [2.75, 3.05) is 18.8 Å². The topological polar surface area (TPSA) is 74.3 Å². The van der Waals surface area contributed by atoms with Gasteiger partial charge in [0.05, 0.1) is 34.5 Å². The Labute approximate surface area is 151 Å². The van der Waals surface area contributed by atoms with Crippen LogP contribution in [0.3, 0.4) is 0 Å². The molecule has 128 valence electrons. The van der Waals surface area contributed by atoms with Gasteiger partial charge in [0.25, 0.3) is 0 Å². The SMILES string of the molecule is N#CCCN(CCS(=O)(=O)c1cc(Cl)ccc1Cl)Cc1ccco1. The fraction of sp³-hybridized carbons (Fsp3) is 0.312. The molecule has 0 saturated carbocycles. The summed E-state index contributed by atoms with van der Waals surface area (Å²) < 4.78 is 30.3. The Hall–Kier alpha value is -1.52. The fourth-order valence-electron chi connectivity index (χ4n) is 2.18. The standard InChI is InChI=1S/C16H16Cl2N2O3S/c17-13-4-5-15(18)16(11-13)24(21,22)10-8-20(7-2-6-19)12-14-3-1-9-23-14/h1,3-5,9,11H,2,7-8,10,12H2. The van der Waals surface area contributed by atoms with Crippen LogP contribution in [-0.4, -0.2) is 32.2 Å². The number of sulfone groups is 1. The minimum absolute atomic E-state index is 0.0231. The first-order valence-electron chi connectivity index (χ1n) is 7.22. The van der Waals surface area contributed by atoms with Gasteiger partial charge in [0.2, 0.25) is 0 Å². The molecule has 1 aromatic heterocycles. The van der Waals surface area contributed by atoms with Crippen molar-refractivity contribution in [1.29, 1.82) is 5.26 Å². The third kappa shape index (κ3) is 5.25. The molecule has 0 atom stereocenters. The van der Waals surface area contributed by atoms with Crippen LogP contribution < -0.4 is 0 Å². The second kappa shape index (κ2) is 8.54. The predicted molar refractivity (Wildman–Crippen MR) is 92.7 cm³/mol. The molecular formula is C16H16Cl2N2O3S. The second-order valence-electron chi connectivity index (χ2n) is 5.16. The summed E-state index contributed by atoms with van der Waals surface area (Å²) in [6, 6.07) is 9.99. The lowest BCUT2D eigenvalue weighted by Crippen LogP contribution is -2.30. The van der Waals surface area contributed by atoms with E-state index < -0.39 is 9.84 Å². The Morgan fingerprint density at radius 1 is 1.21 bits per heavy atom. The van der Waals surface area contributed by atoms with Gasteiger partial charge < -0.3 is 4.42 Å². The molecule has 1 aromatic carbocycles. The van der Waals surface area contributed by atoms with Crippen LogP contribution in [0.2, 0.25) is 10.0 Å². The van der Waals surface area contributed by atoms with Crippen molar-refractivity contribution in [2.24, 2.45) is 0 Å². The van der Waals surface area contributed by atoms with Crippen LogP contribution in [0, 0.1) is 11.3 Å². The molecule has 0 aliphatic rings. The third-order valence-electron chi connectivity index (χ3n) is 3.40. The van der Waals surface area contributed by atoms with E-state index in [-0.39, 0.29) is 22.2 Å². The predicted octanol–water partition coefficient (Wildman–Crippen LogP) is 3.78. The highest BCUT2D eigenvalue weighted by molar-refractivity contribution is 7.91. The average molecular weight is 387 g/mol. The van der Waals surface area contributed by atoms with E-state index in [0.29, 0.717) is 30.3 Å². The second-order valence-corrected chi connectivity index (χ2v) is 8.08. The molecule has 2 rings (SSSR count). The first-order valence-corrected chi connectivity index (χ1v) is 9.62. The Balaban J connectivity index is 2.09. The van der Waals surface area contributed by atoms with E-state index in [0.717, 1.165) is 0 Å². The van der Waals surface area contributed by atoms with E-state index in [1.54, 1.807) is 18.4 Å². The number of furan rings is 1. The van der Waals surface area contributed by atoms with E-state index in [9.17, 15) is 8.42 Å². The van der Waals surface area contributed by atoms with E-state index in [2.05, 4.69) is 6.07 Å². The largest absolute Gasteiger partial charge is 0.468 e. The first-order chi connectivity index (χ1) is 11.4. The molecule has 1 heterocycles. The summed E-state index contributed by atoms with van der Waals surface area (Å²) in [7, 11) is -3.58. The quantitative estimate of drug-likeness (QED) is 0.689. The Kier molecular flexibility index (Phi) is 6.69. The number of nitrogens with zero attached hydrogens (tertiary/aromatic N) is 2. The van der Waals surface area contributed by atoms with Crippen molar-refractivity contribution in [2.45, 2.75) is 17.9 Å². The number of halogens is 2. The van der Waals surface area contributed by atoms with Crippen LogP contribution in [0.4, 0.5) is 0 Å². The van der Waals surface area contributed by atoms with Crippen molar-refractivity contribution in [3.63, 3.8) is 0 Å². The van der Waals surface area contributed by atoms with Crippen molar-refractivity contribution in [1.82, 2.24) is 4.90 Å². The lowest BCUT2D eigenvalue weighted by molar-refractivity contribution is 0.262. The third-order valence-corrected chi connectivity index (χ3v) is 5.81. The van der Waals surface area contributed by atoms with E-state index in [1.807, 2.05) is 11.0 Å². The number of hydrogen-bond acceptors (Lipinski definition) is 5. The molecule has 0 fully saturated rings. The summed E-state index contributed by atoms with van der Waals surface area (Å²) in [5.74, 6) is 0.588. The van der Waals surface area contributed by atoms with Gasteiger partial charge in [0, 0.05) is 24.5 Å². The highest BCUT2D eigenvalue weighted by atomic mass is 35.5. The van der Waals surface area contributed by atoms with Crippen LogP contribution in [-0.2, 0) is 16.4 Å². The van der Waals surface area contributed by atoms with Gasteiger partial charge >= 0.3 is 0 Å². The van der Waals surface area contributed by atoms with Crippen LogP contribution in [0.25, 0.3) is 0 Å². The maximum Gasteiger partial charge on any atom is 0.181 e. The molecule has 0 aliphatic carbocycles. The van der Waals surface area contributed by atoms with Crippen molar-refractivity contribution >= 4 is 33.0 Å². The lowest BCUT2D eigenvalue weighted by atomic mass is 10.3. The molecule has 0 aliphatic heterocycles. The maximum atomic E-state index is 12.5. The zero-order chi connectivity index (χ0) is 17.6. The normalized spacial score (nSPS) is 11.6. The zero-order valence-electron chi connectivity index (χ0n) is 12.8. The summed E-state index contributed by atoms with van der Waals surface area (Å²) >= 11 is 11.9. The van der Waals surface area contributed by atoms with Gasteiger partial charge in [-0.25, -0.2) is 8.42 Å². The molecular weight excluding hydrogens is 371 g/mol. The van der Waals surface area contributed by atoms with Crippen LogP contribution in [0.5, 0.6) is 0 Å². The molecule has 5 nitrogen and oxygen atoms in total. The van der Waals surface area contributed by atoms with E-state index >= 15 is 0 Å². The zero-order valence-corrected chi connectivity index (χ0v) is 15.1. The summed E-state index contributed by atoms with van der Waals surface area (Å²) in [5.41, 5.74) is 0. The summed E-state index contributed by atoms with van der Waals surface area (Å²) in [5, 5.41) is 9.23. The van der Waals surface area contributed by atoms with Gasteiger partial charge in [0.1, 0.15) is 5.76 Å². The van der Waals surface area contributed by atoms with Gasteiger partial charge in [-0.1, -0.05) is 23.2 Å². The van der Waals surface area contributed by atoms with Crippen molar-refractivity contribution in [3.8, 4) is 6.07 Å². The Bertz CT molecular complexity index is 814. The van der Waals surface area contributed by atoms with Crippen LogP contribution in [0.1, 0.15) is 12.2 Å². The molecule has 0 bridgehead atoms. The smallest absolute Gasteiger partial charge is 0.181 e. The number of nitriles is 1. The highest BCUT2D eigenvalue weighted by Gasteiger charge is 2.20. The van der Waals surface area contributed by atoms with E-state index in [1.165, 1.54) is 12.1 Å². The Morgan fingerprint density at radius 2 is 2.00 bits per heavy atom. The molecule has 8 heteroatoms. The highest BCUT2D eigenvalue weighted by Crippen LogP contribution is 2.26. The maximum absolute atomic E-state index is 12.5. The fourth-order valence-corrected chi connectivity index (χ4v) is 4.27. The average Bonchev–Trinajstić information content (AvgIpc) is 3.05. The van der Waals surface area contributed by atoms with Gasteiger partial charge in [0.15, 0.2) is 9.84 Å². The van der Waals surface area contributed by atoms with Gasteiger partial charge in [-0.2, -0.15) is 5.26 Å². The Morgan fingerprint density at radius 3 is 2.67 bits per heavy atom. The van der Waals surface area contributed by atoms with Gasteiger partial charge in [-0.3, -0.25) is 4.90 Å². The van der Waals surface area contributed by atoms with Crippen LogP contribution >= 0.6 is 23.2 Å². The molecule has 0 N–H and O–H groups in total. The van der Waals surface area contributed by atoms with E-state index in [4.69, 9.17) is 32.9 Å². The first kappa shape index (κ1) is 18.8. The monoisotopic (exact) mass is 386 g/mol. The van der Waals surface area contributed by atoms with Crippen molar-refractivity contribution < 1.29 is 12.8 Å². The molecule has 24 heavy (non-hydrogen) atoms. The number of hydrogen-bond donors (Lipinski definition) is 0. The van der Waals surface area contributed by atoms with Crippen LogP contribution in [0.15, 0.2) is 45.9 Å². The summed E-state index contributed by atoms with van der Waals surface area (Å²) in [6.07, 6.45) is 1.86.